The van der Waals surface area contributed by atoms with Crippen LogP contribution in [0.4, 0.5) is 15.9 Å². The second kappa shape index (κ2) is 5.75. The summed E-state index contributed by atoms with van der Waals surface area (Å²) in [5, 5.41) is 8.32. The van der Waals surface area contributed by atoms with Crippen LogP contribution in [-0.2, 0) is 5.41 Å². The normalized spacial score (nSPS) is 30.9. The lowest BCUT2D eigenvalue weighted by atomic mass is 9.49. The van der Waals surface area contributed by atoms with Gasteiger partial charge in [-0.25, -0.2) is 9.37 Å². The Hall–Kier alpha value is -2.50. The molecule has 144 valence electrons. The number of aryl methyl sites for hydroxylation is 1. The molecule has 5 nitrogen and oxygen atoms in total. The van der Waals surface area contributed by atoms with Gasteiger partial charge in [-0.1, -0.05) is 0 Å². The molecule has 0 unspecified atom stereocenters. The zero-order valence-electron chi connectivity index (χ0n) is 16.0. The van der Waals surface area contributed by atoms with E-state index in [1.54, 1.807) is 12.1 Å². The van der Waals surface area contributed by atoms with Crippen molar-refractivity contribution in [3.63, 3.8) is 0 Å². The fourth-order valence-corrected chi connectivity index (χ4v) is 6.37. The molecule has 1 N–H and O–H groups in total. The van der Waals surface area contributed by atoms with Gasteiger partial charge < -0.3 is 5.32 Å². The number of aromatic nitrogens is 4. The van der Waals surface area contributed by atoms with E-state index in [0.717, 1.165) is 40.8 Å². The predicted octanol–water partition coefficient (Wildman–Crippen LogP) is 4.78. The van der Waals surface area contributed by atoms with Crippen molar-refractivity contribution < 1.29 is 4.39 Å². The molecule has 0 saturated heterocycles. The molecule has 2 heterocycles. The lowest BCUT2D eigenvalue weighted by Gasteiger charge is -2.55. The summed E-state index contributed by atoms with van der Waals surface area (Å²) >= 11 is 0. The minimum absolute atomic E-state index is 0.142. The largest absolute Gasteiger partial charge is 0.340 e. The van der Waals surface area contributed by atoms with Crippen molar-refractivity contribution in [2.75, 3.05) is 5.32 Å². The number of anilines is 2. The Morgan fingerprint density at radius 3 is 2.29 bits per heavy atom. The van der Waals surface area contributed by atoms with Crippen LogP contribution in [0.25, 0.3) is 5.78 Å². The minimum atomic E-state index is -0.244. The van der Waals surface area contributed by atoms with Crippen molar-refractivity contribution >= 4 is 17.3 Å². The molecule has 2 aromatic heterocycles. The molecule has 0 radical (unpaired) electrons. The van der Waals surface area contributed by atoms with E-state index in [4.69, 9.17) is 10.1 Å². The van der Waals surface area contributed by atoms with E-state index in [1.807, 2.05) is 17.5 Å². The van der Waals surface area contributed by atoms with Crippen LogP contribution in [-0.4, -0.2) is 19.6 Å². The maximum atomic E-state index is 13.2. The van der Waals surface area contributed by atoms with Gasteiger partial charge in [0.25, 0.3) is 5.78 Å². The monoisotopic (exact) mass is 377 g/mol. The van der Waals surface area contributed by atoms with Crippen LogP contribution in [0.15, 0.2) is 30.3 Å². The maximum Gasteiger partial charge on any atom is 0.254 e. The Morgan fingerprint density at radius 1 is 1.00 bits per heavy atom. The highest BCUT2D eigenvalue weighted by Crippen LogP contribution is 2.60. The van der Waals surface area contributed by atoms with Crippen molar-refractivity contribution in [2.45, 2.75) is 50.9 Å². The first-order chi connectivity index (χ1) is 13.6. The summed E-state index contributed by atoms with van der Waals surface area (Å²) in [5.41, 5.74) is 1.85. The van der Waals surface area contributed by atoms with Gasteiger partial charge >= 0.3 is 0 Å². The van der Waals surface area contributed by atoms with E-state index in [0.29, 0.717) is 5.78 Å². The van der Waals surface area contributed by atoms with Crippen molar-refractivity contribution in [3.05, 3.63) is 47.7 Å². The molecule has 0 aliphatic heterocycles. The maximum absolute atomic E-state index is 13.2. The molecular weight excluding hydrogens is 353 g/mol. The summed E-state index contributed by atoms with van der Waals surface area (Å²) in [6.07, 6.45) is 7.91. The lowest BCUT2D eigenvalue weighted by molar-refractivity contribution is -0.00925. The smallest absolute Gasteiger partial charge is 0.254 e. The molecule has 3 aromatic rings. The average molecular weight is 377 g/mol. The van der Waals surface area contributed by atoms with Crippen LogP contribution in [0.2, 0.25) is 0 Å². The zero-order chi connectivity index (χ0) is 18.9. The first-order valence-electron chi connectivity index (χ1n) is 10.3. The highest BCUT2D eigenvalue weighted by atomic mass is 19.1. The predicted molar refractivity (Wildman–Crippen MR) is 105 cm³/mol. The van der Waals surface area contributed by atoms with Gasteiger partial charge in [0, 0.05) is 22.9 Å². The number of halogens is 1. The number of nitrogens with one attached hydrogen (secondary N) is 1. The number of rotatable bonds is 3. The molecule has 4 fully saturated rings. The molecule has 28 heavy (non-hydrogen) atoms. The van der Waals surface area contributed by atoms with Gasteiger partial charge in [-0.05, 0) is 87.5 Å². The summed E-state index contributed by atoms with van der Waals surface area (Å²) in [5.74, 6) is 4.75. The fourth-order valence-electron chi connectivity index (χ4n) is 6.37. The molecule has 1 aromatic carbocycles. The molecular formula is C22H24FN5. The average Bonchev–Trinajstić information content (AvgIpc) is 3.07. The van der Waals surface area contributed by atoms with Crippen molar-refractivity contribution in [2.24, 2.45) is 17.8 Å². The first-order valence-corrected chi connectivity index (χ1v) is 10.3. The van der Waals surface area contributed by atoms with Gasteiger partial charge in [0.05, 0.1) is 0 Å². The molecule has 4 aliphatic carbocycles. The second-order valence-electron chi connectivity index (χ2n) is 9.26. The fraction of sp³-hybridized carbons (Fsp3) is 0.500. The summed E-state index contributed by atoms with van der Waals surface area (Å²) in [4.78, 5) is 9.55. The Kier molecular flexibility index (Phi) is 3.38. The van der Waals surface area contributed by atoms with E-state index in [1.165, 1.54) is 50.7 Å². The van der Waals surface area contributed by atoms with Gasteiger partial charge in [-0.2, -0.15) is 9.50 Å². The molecule has 4 aliphatic rings. The zero-order valence-corrected chi connectivity index (χ0v) is 16.0. The quantitative estimate of drug-likeness (QED) is 0.713. The van der Waals surface area contributed by atoms with Crippen molar-refractivity contribution in [1.29, 1.82) is 0 Å². The van der Waals surface area contributed by atoms with Crippen LogP contribution in [0.1, 0.15) is 50.0 Å². The summed E-state index contributed by atoms with van der Waals surface area (Å²) in [6, 6.07) is 8.34. The molecule has 7 rings (SSSR count). The van der Waals surface area contributed by atoms with Crippen LogP contribution in [0.5, 0.6) is 0 Å². The molecule has 0 spiro atoms. The third-order valence-corrected chi connectivity index (χ3v) is 7.07. The first kappa shape index (κ1) is 16.5. The third-order valence-electron chi connectivity index (χ3n) is 7.07. The lowest BCUT2D eigenvalue weighted by Crippen LogP contribution is -2.49. The van der Waals surface area contributed by atoms with Crippen molar-refractivity contribution in [3.8, 4) is 0 Å². The number of nitrogens with zero attached hydrogens (tertiary/aromatic N) is 4. The molecule has 0 atom stereocenters. The second-order valence-corrected chi connectivity index (χ2v) is 9.26. The van der Waals surface area contributed by atoms with Gasteiger partial charge in [0.15, 0.2) is 5.82 Å². The molecule has 0 amide bonds. The highest BCUT2D eigenvalue weighted by molar-refractivity contribution is 5.58. The van der Waals surface area contributed by atoms with Gasteiger partial charge in [0.2, 0.25) is 0 Å². The van der Waals surface area contributed by atoms with Gasteiger partial charge in [-0.15, -0.1) is 5.10 Å². The summed E-state index contributed by atoms with van der Waals surface area (Å²) in [7, 11) is 0. The Morgan fingerprint density at radius 2 is 1.64 bits per heavy atom. The van der Waals surface area contributed by atoms with Gasteiger partial charge in [0.1, 0.15) is 11.6 Å². The van der Waals surface area contributed by atoms with E-state index in [-0.39, 0.29) is 11.2 Å². The number of benzene rings is 1. The number of fused-ring (bicyclic) bond motifs is 1. The SMILES string of the molecule is Cc1cc(Nc2ccc(F)cc2)n2nc(C34CC5CC(CC(C5)C3)C4)nc2n1. The third kappa shape index (κ3) is 2.54. The summed E-state index contributed by atoms with van der Waals surface area (Å²) in [6.45, 7) is 1.97. The minimum Gasteiger partial charge on any atom is -0.340 e. The van der Waals surface area contributed by atoms with Crippen molar-refractivity contribution in [1.82, 2.24) is 19.6 Å². The Balaban J connectivity index is 1.42. The summed E-state index contributed by atoms with van der Waals surface area (Å²) < 4.78 is 15.1. The molecule has 6 heteroatoms. The van der Waals surface area contributed by atoms with E-state index < -0.39 is 0 Å². The van der Waals surface area contributed by atoms with Crippen LogP contribution < -0.4 is 5.32 Å². The van der Waals surface area contributed by atoms with E-state index in [2.05, 4.69) is 10.3 Å². The van der Waals surface area contributed by atoms with Gasteiger partial charge in [-0.3, -0.25) is 0 Å². The number of hydrogen-bond donors (Lipinski definition) is 1. The highest BCUT2D eigenvalue weighted by Gasteiger charge is 2.53. The van der Waals surface area contributed by atoms with Crippen LogP contribution >= 0.6 is 0 Å². The van der Waals surface area contributed by atoms with E-state index >= 15 is 0 Å². The molecule has 4 bridgehead atoms. The topological polar surface area (TPSA) is 55.1 Å². The molecule has 4 saturated carbocycles. The van der Waals surface area contributed by atoms with Crippen LogP contribution in [0.3, 0.4) is 0 Å². The van der Waals surface area contributed by atoms with E-state index in [9.17, 15) is 4.39 Å². The Bertz CT molecular complexity index is 1020. The Labute approximate surface area is 163 Å². The number of hydrogen-bond acceptors (Lipinski definition) is 4. The standard InChI is InChI=1S/C22H24FN5/c1-13-6-19(25-18-4-2-17(23)3-5-18)28-21(24-13)26-20(27-28)22-10-14-7-15(11-22)9-16(8-14)12-22/h2-6,14-16,25H,7-12H2,1H3. The van der Waals surface area contributed by atoms with Crippen LogP contribution in [0, 0.1) is 30.5 Å².